The van der Waals surface area contributed by atoms with Crippen LogP contribution in [0.2, 0.25) is 0 Å². The first-order chi connectivity index (χ1) is 9.00. The van der Waals surface area contributed by atoms with Gasteiger partial charge in [-0.05, 0) is 18.2 Å². The van der Waals surface area contributed by atoms with Crippen LogP contribution in [0.15, 0.2) is 30.3 Å². The summed E-state index contributed by atoms with van der Waals surface area (Å²) in [4.78, 5) is 21.8. The minimum atomic E-state index is -1.06. The number of carbonyl (C=O) groups is 2. The number of aryl methyl sites for hydroxylation is 1. The molecule has 0 aliphatic rings. The van der Waals surface area contributed by atoms with Crippen molar-refractivity contribution in [3.63, 3.8) is 0 Å². The number of carboxylic acid groups (broad SMARTS) is 1. The maximum atomic E-state index is 11.2. The van der Waals surface area contributed by atoms with Gasteiger partial charge in [-0.15, -0.1) is 0 Å². The lowest BCUT2D eigenvalue weighted by Crippen LogP contribution is -2.03. The molecular weight excluding hydrogens is 246 g/mol. The van der Waals surface area contributed by atoms with Crippen LogP contribution in [0, 0.1) is 0 Å². The lowest BCUT2D eigenvalue weighted by molar-refractivity contribution is -0.132. The number of esters is 1. The summed E-state index contributed by atoms with van der Waals surface area (Å²) in [6.45, 7) is 1.31. The molecule has 1 aromatic carbocycles. The molecule has 1 aromatic heterocycles. The number of nitrogens with zero attached hydrogens (tertiary/aromatic N) is 1. The Morgan fingerprint density at radius 3 is 2.63 bits per heavy atom. The van der Waals surface area contributed by atoms with Crippen LogP contribution in [0.4, 0.5) is 0 Å². The molecule has 1 N–H and O–H groups in total. The van der Waals surface area contributed by atoms with E-state index in [2.05, 4.69) is 0 Å². The molecule has 0 aliphatic heterocycles. The fourth-order valence-corrected chi connectivity index (χ4v) is 1.97. The highest BCUT2D eigenvalue weighted by Gasteiger charge is 2.15. The quantitative estimate of drug-likeness (QED) is 0.677. The van der Waals surface area contributed by atoms with Gasteiger partial charge in [0.05, 0.1) is 11.2 Å². The first-order valence-corrected chi connectivity index (χ1v) is 5.67. The second-order valence-corrected chi connectivity index (χ2v) is 4.06. The molecule has 1 heterocycles. The first kappa shape index (κ1) is 12.9. The normalized spacial score (nSPS) is 11.1. The minimum Gasteiger partial charge on any atom is -0.478 e. The Morgan fingerprint density at radius 2 is 2.00 bits per heavy atom. The average Bonchev–Trinajstić information content (AvgIpc) is 2.60. The summed E-state index contributed by atoms with van der Waals surface area (Å²) < 4.78 is 6.99. The third-order valence-corrected chi connectivity index (χ3v) is 2.73. The van der Waals surface area contributed by atoms with Crippen LogP contribution in [0.5, 0.6) is 5.75 Å². The van der Waals surface area contributed by atoms with E-state index in [0.717, 1.165) is 17.0 Å². The van der Waals surface area contributed by atoms with E-state index in [1.807, 2.05) is 24.3 Å². The Kier molecular flexibility index (Phi) is 3.37. The summed E-state index contributed by atoms with van der Waals surface area (Å²) in [5.74, 6) is -1.12. The van der Waals surface area contributed by atoms with Gasteiger partial charge in [0, 0.05) is 25.4 Å². The van der Waals surface area contributed by atoms with Crippen molar-refractivity contribution in [1.29, 1.82) is 0 Å². The number of aromatic nitrogens is 1. The average molecular weight is 259 g/mol. The monoisotopic (exact) mass is 259 g/mol. The van der Waals surface area contributed by atoms with Gasteiger partial charge in [0.15, 0.2) is 5.75 Å². The molecule has 0 unspecified atom stereocenters. The van der Waals surface area contributed by atoms with E-state index in [1.54, 1.807) is 11.6 Å². The van der Waals surface area contributed by atoms with Gasteiger partial charge in [-0.1, -0.05) is 12.1 Å². The van der Waals surface area contributed by atoms with E-state index in [0.29, 0.717) is 11.4 Å². The Bertz CT molecular complexity index is 682. The number of para-hydroxylation sites is 1. The van der Waals surface area contributed by atoms with Gasteiger partial charge in [-0.2, -0.15) is 0 Å². The fourth-order valence-electron chi connectivity index (χ4n) is 1.97. The summed E-state index contributed by atoms with van der Waals surface area (Å²) in [6, 6.07) is 7.40. The van der Waals surface area contributed by atoms with Crippen LogP contribution in [-0.2, 0) is 16.6 Å². The molecule has 0 amide bonds. The zero-order valence-corrected chi connectivity index (χ0v) is 10.6. The molecule has 98 valence electrons. The highest BCUT2D eigenvalue weighted by Crippen LogP contribution is 2.33. The third-order valence-electron chi connectivity index (χ3n) is 2.73. The Labute approximate surface area is 109 Å². The first-order valence-electron chi connectivity index (χ1n) is 5.67. The molecule has 0 saturated carbocycles. The molecule has 5 heteroatoms. The Morgan fingerprint density at radius 1 is 1.32 bits per heavy atom. The van der Waals surface area contributed by atoms with Crippen LogP contribution in [0.3, 0.4) is 0 Å². The summed E-state index contributed by atoms with van der Waals surface area (Å²) in [5, 5.41) is 9.48. The van der Waals surface area contributed by atoms with Crippen LogP contribution in [-0.4, -0.2) is 21.6 Å². The van der Waals surface area contributed by atoms with Crippen molar-refractivity contribution in [2.45, 2.75) is 6.92 Å². The van der Waals surface area contributed by atoms with Gasteiger partial charge in [-0.3, -0.25) is 4.79 Å². The molecule has 0 saturated heterocycles. The zero-order chi connectivity index (χ0) is 14.0. The van der Waals surface area contributed by atoms with Crippen molar-refractivity contribution in [2.75, 3.05) is 0 Å². The predicted octanol–water partition coefficient (Wildman–Crippen LogP) is 2.20. The lowest BCUT2D eigenvalue weighted by Gasteiger charge is -2.02. The van der Waals surface area contributed by atoms with E-state index in [1.165, 1.54) is 13.0 Å². The van der Waals surface area contributed by atoms with Gasteiger partial charge < -0.3 is 14.4 Å². The smallest absolute Gasteiger partial charge is 0.328 e. The van der Waals surface area contributed by atoms with Crippen molar-refractivity contribution in [3.8, 4) is 5.75 Å². The molecule has 2 aromatic rings. The van der Waals surface area contributed by atoms with E-state index >= 15 is 0 Å². The topological polar surface area (TPSA) is 68.5 Å². The number of fused-ring (bicyclic) bond motifs is 1. The number of benzene rings is 1. The van der Waals surface area contributed by atoms with Crippen molar-refractivity contribution in [1.82, 2.24) is 4.57 Å². The standard InChI is InChI=1S/C14H13NO4/c1-9(16)19-14-10-5-3-4-6-11(10)15(2)12(14)7-8-13(17)18/h3-8H,1-2H3,(H,17,18)/b8-7+. The summed E-state index contributed by atoms with van der Waals surface area (Å²) in [6.07, 6.45) is 2.43. The van der Waals surface area contributed by atoms with Gasteiger partial charge in [0.2, 0.25) is 0 Å². The third kappa shape index (κ3) is 2.49. The van der Waals surface area contributed by atoms with E-state index in [9.17, 15) is 9.59 Å². The molecule has 2 rings (SSSR count). The maximum Gasteiger partial charge on any atom is 0.328 e. The summed E-state index contributed by atoms with van der Waals surface area (Å²) in [5.41, 5.74) is 1.41. The summed E-state index contributed by atoms with van der Waals surface area (Å²) >= 11 is 0. The number of carbonyl (C=O) groups excluding carboxylic acids is 1. The molecule has 0 radical (unpaired) electrons. The van der Waals surface area contributed by atoms with E-state index < -0.39 is 11.9 Å². The molecule has 19 heavy (non-hydrogen) atoms. The molecule has 0 aliphatic carbocycles. The zero-order valence-electron chi connectivity index (χ0n) is 10.6. The number of hydrogen-bond acceptors (Lipinski definition) is 3. The largest absolute Gasteiger partial charge is 0.478 e. The van der Waals surface area contributed by atoms with Crippen LogP contribution < -0.4 is 4.74 Å². The number of hydrogen-bond donors (Lipinski definition) is 1. The lowest BCUT2D eigenvalue weighted by atomic mass is 10.2. The number of ether oxygens (including phenoxy) is 1. The highest BCUT2D eigenvalue weighted by molar-refractivity contribution is 5.95. The second kappa shape index (κ2) is 4.97. The van der Waals surface area contributed by atoms with Gasteiger partial charge in [-0.25, -0.2) is 4.79 Å². The number of carboxylic acids is 1. The molecule has 5 nitrogen and oxygen atoms in total. The van der Waals surface area contributed by atoms with Crippen LogP contribution in [0.1, 0.15) is 12.6 Å². The van der Waals surface area contributed by atoms with Gasteiger partial charge in [0.25, 0.3) is 0 Å². The fraction of sp³-hybridized carbons (Fsp3) is 0.143. The maximum absolute atomic E-state index is 11.2. The minimum absolute atomic E-state index is 0.378. The van der Waals surface area contributed by atoms with E-state index in [4.69, 9.17) is 9.84 Å². The summed E-state index contributed by atoms with van der Waals surface area (Å²) in [7, 11) is 1.79. The molecule has 0 fully saturated rings. The van der Waals surface area contributed by atoms with Crippen molar-refractivity contribution < 1.29 is 19.4 Å². The van der Waals surface area contributed by atoms with Crippen LogP contribution >= 0.6 is 0 Å². The predicted molar refractivity (Wildman–Crippen MR) is 70.9 cm³/mol. The van der Waals surface area contributed by atoms with Gasteiger partial charge in [0.1, 0.15) is 0 Å². The van der Waals surface area contributed by atoms with E-state index in [-0.39, 0.29) is 0 Å². The SMILES string of the molecule is CC(=O)Oc1c(/C=C/C(=O)O)n(C)c2ccccc12. The molecule has 0 bridgehead atoms. The highest BCUT2D eigenvalue weighted by atomic mass is 16.5. The van der Waals surface area contributed by atoms with Crippen molar-refractivity contribution >= 4 is 28.9 Å². The number of aliphatic carboxylic acids is 1. The second-order valence-electron chi connectivity index (χ2n) is 4.06. The molecule has 0 atom stereocenters. The number of rotatable bonds is 3. The van der Waals surface area contributed by atoms with Gasteiger partial charge >= 0.3 is 11.9 Å². The van der Waals surface area contributed by atoms with Crippen molar-refractivity contribution in [3.05, 3.63) is 36.0 Å². The Hall–Kier alpha value is -2.56. The molecular formula is C14H13NO4. The molecule has 0 spiro atoms. The van der Waals surface area contributed by atoms with Crippen molar-refractivity contribution in [2.24, 2.45) is 7.05 Å². The Balaban J connectivity index is 2.68. The van der Waals surface area contributed by atoms with Crippen LogP contribution in [0.25, 0.3) is 17.0 Å².